The molecule has 1 aromatic rings. The fraction of sp³-hybridized carbons (Fsp3) is 0.647. The van der Waals surface area contributed by atoms with Crippen molar-refractivity contribution in [3.8, 4) is 0 Å². The van der Waals surface area contributed by atoms with Gasteiger partial charge < -0.3 is 10.2 Å². The molecule has 1 N–H and O–H groups in total. The molecular weight excluding hydrogens is 312 g/mol. The van der Waals surface area contributed by atoms with Gasteiger partial charge in [-0.15, -0.1) is 0 Å². The van der Waals surface area contributed by atoms with Crippen LogP contribution in [0, 0.1) is 5.92 Å². The van der Waals surface area contributed by atoms with Gasteiger partial charge in [-0.2, -0.15) is 0 Å². The maximum atomic E-state index is 3.61. The Labute approximate surface area is 132 Å². The molecule has 0 unspecified atom stereocenters. The Morgan fingerprint density at radius 2 is 2.05 bits per heavy atom. The number of hydrogen-bond donors (Lipinski definition) is 1. The third kappa shape index (κ3) is 4.78. The van der Waals surface area contributed by atoms with Gasteiger partial charge in [-0.1, -0.05) is 29.8 Å². The zero-order valence-corrected chi connectivity index (χ0v) is 14.4. The average Bonchev–Trinajstić information content (AvgIpc) is 3.23. The monoisotopic (exact) mass is 338 g/mol. The van der Waals surface area contributed by atoms with Crippen LogP contribution < -0.4 is 10.2 Å². The largest absolute Gasteiger partial charge is 0.371 e. The van der Waals surface area contributed by atoms with Crippen molar-refractivity contribution in [3.63, 3.8) is 0 Å². The minimum Gasteiger partial charge on any atom is -0.371 e. The lowest BCUT2D eigenvalue weighted by atomic mass is 10.1. The van der Waals surface area contributed by atoms with E-state index in [9.17, 15) is 0 Å². The van der Waals surface area contributed by atoms with Crippen LogP contribution in [0.15, 0.2) is 22.7 Å². The quantitative estimate of drug-likeness (QED) is 0.663. The van der Waals surface area contributed by atoms with Gasteiger partial charge in [0.1, 0.15) is 0 Å². The first-order valence-corrected chi connectivity index (χ1v) is 8.78. The van der Waals surface area contributed by atoms with Crippen LogP contribution in [0.25, 0.3) is 0 Å². The fourth-order valence-corrected chi connectivity index (χ4v) is 3.00. The van der Waals surface area contributed by atoms with Gasteiger partial charge in [0.15, 0.2) is 0 Å². The van der Waals surface area contributed by atoms with Crippen molar-refractivity contribution in [1.29, 1.82) is 0 Å². The SMILES string of the molecule is CCCNCc1cc(Br)ccc1N(CCC)CC1CC1. The Kier molecular flexibility index (Phi) is 6.37. The lowest BCUT2D eigenvalue weighted by Crippen LogP contribution is -2.28. The van der Waals surface area contributed by atoms with E-state index in [0.717, 1.165) is 19.0 Å². The van der Waals surface area contributed by atoms with Gasteiger partial charge in [-0.05, 0) is 61.9 Å². The van der Waals surface area contributed by atoms with Gasteiger partial charge in [-0.3, -0.25) is 0 Å². The maximum Gasteiger partial charge on any atom is 0.0412 e. The van der Waals surface area contributed by atoms with Crippen molar-refractivity contribution in [2.24, 2.45) is 5.92 Å². The van der Waals surface area contributed by atoms with Gasteiger partial charge >= 0.3 is 0 Å². The smallest absolute Gasteiger partial charge is 0.0412 e. The van der Waals surface area contributed by atoms with Crippen LogP contribution in [-0.4, -0.2) is 19.6 Å². The molecule has 0 aromatic heterocycles. The minimum atomic E-state index is 0.932. The standard InChI is InChI=1S/C17H27BrN2/c1-3-9-19-12-15-11-16(18)7-8-17(15)20(10-4-2)13-14-5-6-14/h7-8,11,14,19H,3-6,9-10,12-13H2,1-2H3. The Balaban J connectivity index is 2.12. The molecule has 1 aliphatic carbocycles. The molecule has 1 aromatic carbocycles. The molecular formula is C17H27BrN2. The summed E-state index contributed by atoms with van der Waals surface area (Å²) in [6.45, 7) is 8.93. The first-order chi connectivity index (χ1) is 9.74. The van der Waals surface area contributed by atoms with Gasteiger partial charge in [-0.25, -0.2) is 0 Å². The van der Waals surface area contributed by atoms with Crippen molar-refractivity contribution in [2.75, 3.05) is 24.5 Å². The van der Waals surface area contributed by atoms with Crippen molar-refractivity contribution in [1.82, 2.24) is 5.32 Å². The highest BCUT2D eigenvalue weighted by molar-refractivity contribution is 9.10. The second kappa shape index (κ2) is 8.04. The Morgan fingerprint density at radius 3 is 2.70 bits per heavy atom. The molecule has 3 heteroatoms. The number of hydrogen-bond acceptors (Lipinski definition) is 2. The van der Waals surface area contributed by atoms with E-state index in [2.05, 4.69) is 58.2 Å². The van der Waals surface area contributed by atoms with E-state index in [1.54, 1.807) is 0 Å². The molecule has 0 heterocycles. The predicted molar refractivity (Wildman–Crippen MR) is 91.4 cm³/mol. The van der Waals surface area contributed by atoms with Gasteiger partial charge in [0.25, 0.3) is 0 Å². The van der Waals surface area contributed by atoms with Crippen molar-refractivity contribution < 1.29 is 0 Å². The summed E-state index contributed by atoms with van der Waals surface area (Å²) in [5, 5.41) is 3.54. The molecule has 2 rings (SSSR count). The van der Waals surface area contributed by atoms with E-state index in [-0.39, 0.29) is 0 Å². The summed E-state index contributed by atoms with van der Waals surface area (Å²) in [6.07, 6.45) is 5.23. The summed E-state index contributed by atoms with van der Waals surface area (Å²) in [4.78, 5) is 2.59. The molecule has 0 spiro atoms. The second-order valence-electron chi connectivity index (χ2n) is 5.84. The number of nitrogens with zero attached hydrogens (tertiary/aromatic N) is 1. The van der Waals surface area contributed by atoms with Crippen LogP contribution in [0.1, 0.15) is 45.1 Å². The van der Waals surface area contributed by atoms with Crippen molar-refractivity contribution >= 4 is 21.6 Å². The van der Waals surface area contributed by atoms with E-state index >= 15 is 0 Å². The summed E-state index contributed by atoms with van der Waals surface area (Å²) >= 11 is 3.61. The fourth-order valence-electron chi connectivity index (χ4n) is 2.60. The van der Waals surface area contributed by atoms with E-state index in [1.165, 1.54) is 54.5 Å². The molecule has 1 fully saturated rings. The van der Waals surface area contributed by atoms with Crippen LogP contribution in [-0.2, 0) is 6.54 Å². The third-order valence-corrected chi connectivity index (χ3v) is 4.29. The third-order valence-electron chi connectivity index (χ3n) is 3.79. The molecule has 2 nitrogen and oxygen atoms in total. The molecule has 0 bridgehead atoms. The first-order valence-electron chi connectivity index (χ1n) is 7.98. The summed E-state index contributed by atoms with van der Waals surface area (Å²) in [5.41, 5.74) is 2.84. The van der Waals surface area contributed by atoms with Gasteiger partial charge in [0.05, 0.1) is 0 Å². The highest BCUT2D eigenvalue weighted by Crippen LogP contribution is 2.33. The second-order valence-corrected chi connectivity index (χ2v) is 6.75. The number of rotatable bonds is 9. The average molecular weight is 339 g/mol. The molecule has 0 amide bonds. The topological polar surface area (TPSA) is 15.3 Å². The zero-order valence-electron chi connectivity index (χ0n) is 12.8. The highest BCUT2D eigenvalue weighted by atomic mass is 79.9. The van der Waals surface area contributed by atoms with Crippen molar-refractivity contribution in [2.45, 2.75) is 46.1 Å². The summed E-state index contributed by atoms with van der Waals surface area (Å²) in [7, 11) is 0. The lowest BCUT2D eigenvalue weighted by Gasteiger charge is -2.27. The highest BCUT2D eigenvalue weighted by Gasteiger charge is 2.25. The number of anilines is 1. The first kappa shape index (κ1) is 15.8. The van der Waals surface area contributed by atoms with E-state index in [0.29, 0.717) is 0 Å². The Hall–Kier alpha value is -0.540. The van der Waals surface area contributed by atoms with Crippen LogP contribution in [0.2, 0.25) is 0 Å². The van der Waals surface area contributed by atoms with Gasteiger partial charge in [0, 0.05) is 29.8 Å². The molecule has 1 aliphatic rings. The Bertz CT molecular complexity index is 415. The molecule has 0 aliphatic heterocycles. The van der Waals surface area contributed by atoms with Gasteiger partial charge in [0.2, 0.25) is 0 Å². The van der Waals surface area contributed by atoms with E-state index in [1.807, 2.05) is 0 Å². The minimum absolute atomic E-state index is 0.932. The normalized spacial score (nSPS) is 14.6. The van der Waals surface area contributed by atoms with E-state index < -0.39 is 0 Å². The van der Waals surface area contributed by atoms with E-state index in [4.69, 9.17) is 0 Å². The molecule has 0 atom stereocenters. The van der Waals surface area contributed by atoms with Crippen LogP contribution in [0.4, 0.5) is 5.69 Å². The maximum absolute atomic E-state index is 3.61. The summed E-state index contributed by atoms with van der Waals surface area (Å²) in [5.74, 6) is 0.932. The zero-order chi connectivity index (χ0) is 14.4. The molecule has 0 saturated heterocycles. The number of benzene rings is 1. The summed E-state index contributed by atoms with van der Waals surface area (Å²) < 4.78 is 1.18. The predicted octanol–water partition coefficient (Wildman–Crippen LogP) is 4.58. The van der Waals surface area contributed by atoms with Crippen molar-refractivity contribution in [3.05, 3.63) is 28.2 Å². The lowest BCUT2D eigenvalue weighted by molar-refractivity contribution is 0.664. The number of nitrogens with one attached hydrogen (secondary N) is 1. The summed E-state index contributed by atoms with van der Waals surface area (Å²) in [6, 6.07) is 6.73. The number of halogens is 1. The van der Waals surface area contributed by atoms with Crippen LogP contribution in [0.5, 0.6) is 0 Å². The van der Waals surface area contributed by atoms with Crippen LogP contribution in [0.3, 0.4) is 0 Å². The molecule has 20 heavy (non-hydrogen) atoms. The molecule has 112 valence electrons. The van der Waals surface area contributed by atoms with Crippen LogP contribution >= 0.6 is 15.9 Å². The Morgan fingerprint density at radius 1 is 1.25 bits per heavy atom. The molecule has 1 saturated carbocycles. The molecule has 0 radical (unpaired) electrons.